The summed E-state index contributed by atoms with van der Waals surface area (Å²) in [5.74, 6) is -15.3. The summed E-state index contributed by atoms with van der Waals surface area (Å²) >= 11 is 0. The van der Waals surface area contributed by atoms with Crippen LogP contribution in [-0.2, 0) is 73.5 Å². The summed E-state index contributed by atoms with van der Waals surface area (Å²) in [6, 6.07) is -11.7. The van der Waals surface area contributed by atoms with Crippen LogP contribution in [0.1, 0.15) is 104 Å². The van der Waals surface area contributed by atoms with Crippen LogP contribution in [-0.4, -0.2) is 225 Å². The van der Waals surface area contributed by atoms with Gasteiger partial charge in [-0.1, -0.05) is 31.0 Å². The van der Waals surface area contributed by atoms with Crippen LogP contribution in [0.4, 0.5) is 4.79 Å². The van der Waals surface area contributed by atoms with E-state index in [0.29, 0.717) is 16.5 Å². The number of carboxylic acids is 2. The van der Waals surface area contributed by atoms with Crippen LogP contribution < -0.4 is 85.9 Å². The number of primary amides is 1. The summed E-state index contributed by atoms with van der Waals surface area (Å²) in [5, 5.41) is 82.7. The molecule has 0 spiro atoms. The van der Waals surface area contributed by atoms with Gasteiger partial charge in [0.2, 0.25) is 77.3 Å². The largest absolute Gasteiger partial charge is 0.481 e. The van der Waals surface area contributed by atoms with Gasteiger partial charge in [0, 0.05) is 36.5 Å². The van der Waals surface area contributed by atoms with Crippen molar-refractivity contribution in [1.29, 1.82) is 0 Å². The van der Waals surface area contributed by atoms with Gasteiger partial charge in [0.05, 0.1) is 19.2 Å². The number of aliphatic hydroxyl groups is 3. The summed E-state index contributed by atoms with van der Waals surface area (Å²) in [4.78, 5) is 204. The minimum atomic E-state index is -2.04. The third-order valence-electron chi connectivity index (χ3n) is 14.4. The number of carbonyl (C=O) groups excluding carboxylic acids is 13. The Morgan fingerprint density at radius 3 is 1.74 bits per heavy atom. The second kappa shape index (κ2) is 39.0. The predicted molar refractivity (Wildman–Crippen MR) is 325 cm³/mol. The number of benzene rings is 1. The number of H-pyrrole nitrogens is 1. The van der Waals surface area contributed by atoms with E-state index in [4.69, 9.17) is 11.5 Å². The van der Waals surface area contributed by atoms with Gasteiger partial charge < -0.3 is 111 Å². The second-order valence-electron chi connectivity index (χ2n) is 22.1. The second-order valence-corrected chi connectivity index (χ2v) is 22.1. The first kappa shape index (κ1) is 77.7. The normalized spacial score (nSPS) is 23.1. The summed E-state index contributed by atoms with van der Waals surface area (Å²) in [5.41, 5.74) is 11.8. The van der Waals surface area contributed by atoms with E-state index >= 15 is 0 Å². The quantitative estimate of drug-likeness (QED) is 0.0343. The Morgan fingerprint density at radius 1 is 0.613 bits per heavy atom. The maximum atomic E-state index is 14.5. The third kappa shape index (κ3) is 27.4. The maximum Gasteiger partial charge on any atom is 0.325 e. The Morgan fingerprint density at radius 2 is 1.15 bits per heavy atom. The molecule has 14 amide bonds. The lowest BCUT2D eigenvalue weighted by atomic mass is 10.0. The van der Waals surface area contributed by atoms with E-state index in [9.17, 15) is 97.5 Å². The molecule has 1 saturated heterocycles. The van der Waals surface area contributed by atoms with Gasteiger partial charge in [-0.15, -0.1) is 0 Å². The fraction of sp³-hybridized carbons (Fsp3) is 0.589. The first-order chi connectivity index (χ1) is 43.8. The van der Waals surface area contributed by atoms with Crippen molar-refractivity contribution in [3.8, 4) is 0 Å². The molecular weight excluding hydrogens is 1230 g/mol. The number of para-hydroxylation sites is 1. The van der Waals surface area contributed by atoms with Crippen molar-refractivity contribution < 1.29 is 97.5 Å². The first-order valence-electron chi connectivity index (χ1n) is 29.9. The van der Waals surface area contributed by atoms with Crippen LogP contribution in [0.2, 0.25) is 0 Å². The van der Waals surface area contributed by atoms with E-state index in [-0.39, 0.29) is 70.9 Å². The van der Waals surface area contributed by atoms with Crippen molar-refractivity contribution in [3.05, 3.63) is 36.0 Å². The number of aliphatic hydroxyl groups excluding tert-OH is 2. The van der Waals surface area contributed by atoms with E-state index in [0.717, 1.165) is 13.8 Å². The van der Waals surface area contributed by atoms with Crippen LogP contribution in [0.5, 0.6) is 0 Å². The Labute approximate surface area is 533 Å². The molecule has 0 radical (unpaired) electrons. The highest BCUT2D eigenvalue weighted by molar-refractivity contribution is 6.00. The predicted octanol–water partition coefficient (Wildman–Crippen LogP) is -7.81. The number of carboxylic acid groups (broad SMARTS) is 2. The Hall–Kier alpha value is -9.59. The summed E-state index contributed by atoms with van der Waals surface area (Å²) in [6.45, 7) is 4.19. The average molecular weight is 1320 g/mol. The number of hydrogen-bond acceptors (Lipinski definition) is 20. The molecule has 24 N–H and O–H groups in total. The Kier molecular flexibility index (Phi) is 32.5. The van der Waals surface area contributed by atoms with Crippen molar-refractivity contribution in [2.75, 3.05) is 26.2 Å². The highest BCUT2D eigenvalue weighted by Crippen LogP contribution is 2.20. The van der Waals surface area contributed by atoms with Crippen LogP contribution in [0, 0.1) is 0 Å². The van der Waals surface area contributed by atoms with Crippen molar-refractivity contribution in [2.45, 2.75) is 184 Å². The molecule has 37 nitrogen and oxygen atoms in total. The van der Waals surface area contributed by atoms with E-state index < -0.39 is 194 Å². The number of fused-ring (bicyclic) bond motifs is 1. The first-order valence-corrected chi connectivity index (χ1v) is 29.9. The van der Waals surface area contributed by atoms with Crippen molar-refractivity contribution >= 4 is 99.8 Å². The molecule has 0 unspecified atom stereocenters. The van der Waals surface area contributed by atoms with Crippen LogP contribution in [0.25, 0.3) is 10.9 Å². The van der Waals surface area contributed by atoms with Crippen molar-refractivity contribution in [2.24, 2.45) is 11.5 Å². The third-order valence-corrected chi connectivity index (χ3v) is 14.4. The zero-order valence-electron chi connectivity index (χ0n) is 52.0. The maximum absolute atomic E-state index is 14.5. The van der Waals surface area contributed by atoms with E-state index in [1.807, 2.05) is 0 Å². The van der Waals surface area contributed by atoms with Gasteiger partial charge in [-0.25, -0.2) is 4.79 Å². The fourth-order valence-corrected chi connectivity index (χ4v) is 9.22. The number of urea groups is 1. The smallest absolute Gasteiger partial charge is 0.325 e. The molecule has 0 saturated carbocycles. The fourth-order valence-electron chi connectivity index (χ4n) is 9.22. The lowest BCUT2D eigenvalue weighted by Gasteiger charge is -2.28. The zero-order chi connectivity index (χ0) is 69.6. The molecule has 37 heteroatoms. The molecule has 1 aliphatic heterocycles. The number of nitrogens with two attached hydrogens (primary N) is 2. The SMILES string of the molecule is C[C@H](NC(=O)CNC(=O)[C@@H]1CCCC[C@H](NC(=O)[C@H](C)NC(=O)CN)C(=O)N[C@@H](CCCNC(N)=O)C(=O)N[C@@H](CCCNC(O)O)C(=O)N[C@@H](CCC(=O)O)C(=O)N[C@H]([C@@H](C)O)C(=O)N[C@@H](C)C(=O)N[C@@H](Cc2c[nH]c3ccccc23)C(=O)N[C@@H](C)C(=O)N1)C(=O)O. The van der Waals surface area contributed by atoms with Gasteiger partial charge in [-0.3, -0.25) is 72.4 Å². The van der Waals surface area contributed by atoms with Crippen LogP contribution in [0.3, 0.4) is 0 Å². The van der Waals surface area contributed by atoms with Crippen LogP contribution >= 0.6 is 0 Å². The molecule has 2 heterocycles. The zero-order valence-corrected chi connectivity index (χ0v) is 52.0. The standard InChI is InChI=1S/C56H87N17O20/c1-26(63-40(75)23-57)44(79)68-35-15-9-8-14-34(47(82)62-25-41(76)64-29(4)54(89)90)67-45(80)27(2)65-52(87)39(22-31-24-61-33-13-7-6-12-32(31)33)72-46(81)28(3)66-53(88)43(30(5)74)73-51(86)38(18-19-42(77)78)71-50(85)37(17-11-21-60-56(92)93)70-49(84)36(69-48(35)83)16-10-20-59-55(58)91/h6-7,12-13,24,26-30,34-39,43,56,60-61,74,92-93H,8-11,14-23,25,57H2,1-5H3,(H,62,82)(H,63,75)(H,64,76)(H,65,87)(H,66,88)(H,67,80)(H,68,79)(H,69,83)(H,70,84)(H,71,85)(H,72,81)(H,73,86)(H,77,78)(H,89,90)(H3,58,59,91)/t26-,27-,28-,29-,30+,34-,35-,36-,37-,38-,39-,43+/m0/s1. The number of aliphatic carboxylic acids is 2. The molecule has 516 valence electrons. The monoisotopic (exact) mass is 1320 g/mol. The molecule has 2 aromatic rings. The van der Waals surface area contributed by atoms with Crippen molar-refractivity contribution in [3.63, 3.8) is 0 Å². The molecule has 1 aromatic carbocycles. The summed E-state index contributed by atoms with van der Waals surface area (Å²) in [7, 11) is 0. The topological polar surface area (TPSA) is 593 Å². The van der Waals surface area contributed by atoms with Gasteiger partial charge >= 0.3 is 18.0 Å². The van der Waals surface area contributed by atoms with E-state index in [1.165, 1.54) is 20.8 Å². The van der Waals surface area contributed by atoms with Gasteiger partial charge in [0.25, 0.3) is 0 Å². The van der Waals surface area contributed by atoms with Gasteiger partial charge in [0.1, 0.15) is 66.5 Å². The molecule has 0 bridgehead atoms. The molecule has 93 heavy (non-hydrogen) atoms. The Balaban J connectivity index is 2.25. The highest BCUT2D eigenvalue weighted by Gasteiger charge is 2.37. The molecule has 1 fully saturated rings. The number of amides is 14. The van der Waals surface area contributed by atoms with Gasteiger partial charge in [0.15, 0.2) is 0 Å². The molecular formula is C56H87N17O20. The average Bonchev–Trinajstić information content (AvgIpc) is 1.75. The molecule has 3 rings (SSSR count). The highest BCUT2D eigenvalue weighted by atomic mass is 16.5. The Bertz CT molecular complexity index is 2980. The number of aromatic nitrogens is 1. The minimum Gasteiger partial charge on any atom is -0.481 e. The number of nitrogens with one attached hydrogen (secondary N) is 15. The summed E-state index contributed by atoms with van der Waals surface area (Å²) < 4.78 is 0. The van der Waals surface area contributed by atoms with Gasteiger partial charge in [-0.2, -0.15) is 0 Å². The molecule has 1 aliphatic rings. The lowest BCUT2D eigenvalue weighted by Crippen LogP contribution is -2.61. The van der Waals surface area contributed by atoms with Crippen molar-refractivity contribution in [1.82, 2.24) is 79.4 Å². The molecule has 1 aromatic heterocycles. The minimum absolute atomic E-state index is 0.0982. The number of aromatic amines is 1. The number of hydrogen-bond donors (Lipinski definition) is 22. The van der Waals surface area contributed by atoms with Gasteiger partial charge in [-0.05, 0) is 97.7 Å². The van der Waals surface area contributed by atoms with Crippen LogP contribution in [0.15, 0.2) is 30.5 Å². The molecule has 12 atom stereocenters. The summed E-state index contributed by atoms with van der Waals surface area (Å²) in [6.07, 6.45) is -5.73. The number of carbonyl (C=O) groups is 15. The van der Waals surface area contributed by atoms with E-state index in [1.54, 1.807) is 30.5 Å². The lowest BCUT2D eigenvalue weighted by molar-refractivity contribution is -0.141. The van der Waals surface area contributed by atoms with E-state index in [2.05, 4.69) is 79.4 Å². The number of rotatable bonds is 24. The molecule has 0 aliphatic carbocycles.